The molecule has 0 aromatic carbocycles. The van der Waals surface area contributed by atoms with Crippen LogP contribution in [0.4, 0.5) is 5.69 Å². The van der Waals surface area contributed by atoms with E-state index >= 15 is 0 Å². The Labute approximate surface area is 105 Å². The molecule has 0 spiro atoms. The minimum Gasteiger partial charge on any atom is -0.380 e. The first-order valence-corrected chi connectivity index (χ1v) is 6.89. The third kappa shape index (κ3) is 2.82. The van der Waals surface area contributed by atoms with Gasteiger partial charge in [-0.05, 0) is 37.5 Å². The van der Waals surface area contributed by atoms with Gasteiger partial charge in [-0.25, -0.2) is 0 Å². The quantitative estimate of drug-likeness (QED) is 0.871. The molecule has 96 valence electrons. The summed E-state index contributed by atoms with van der Waals surface area (Å²) < 4.78 is 1.91. The van der Waals surface area contributed by atoms with Gasteiger partial charge in [0, 0.05) is 19.3 Å². The fourth-order valence-corrected chi connectivity index (χ4v) is 2.81. The van der Waals surface area contributed by atoms with E-state index in [1.165, 1.54) is 30.6 Å². The smallest absolute Gasteiger partial charge is 0.0853 e. The molecule has 1 aliphatic rings. The van der Waals surface area contributed by atoms with Gasteiger partial charge in [0.1, 0.15) is 0 Å². The van der Waals surface area contributed by atoms with Gasteiger partial charge < -0.3 is 5.32 Å². The zero-order valence-electron chi connectivity index (χ0n) is 11.5. The first kappa shape index (κ1) is 12.5. The largest absolute Gasteiger partial charge is 0.380 e. The van der Waals surface area contributed by atoms with E-state index in [9.17, 15) is 0 Å². The molecule has 1 aromatic rings. The number of aromatic nitrogens is 2. The average molecular weight is 235 g/mol. The summed E-state index contributed by atoms with van der Waals surface area (Å²) in [4.78, 5) is 0. The highest BCUT2D eigenvalue weighted by Gasteiger charge is 2.25. The molecule has 1 heterocycles. The monoisotopic (exact) mass is 235 g/mol. The van der Waals surface area contributed by atoms with Crippen molar-refractivity contribution in [3.05, 3.63) is 11.9 Å². The summed E-state index contributed by atoms with van der Waals surface area (Å²) in [7, 11) is 2.00. The molecule has 1 aliphatic carbocycles. The Morgan fingerprint density at radius 2 is 2.12 bits per heavy atom. The molecule has 3 heteroatoms. The lowest BCUT2D eigenvalue weighted by Gasteiger charge is -2.33. The van der Waals surface area contributed by atoms with Crippen LogP contribution in [-0.2, 0) is 13.5 Å². The fourth-order valence-electron chi connectivity index (χ4n) is 2.81. The Morgan fingerprint density at radius 1 is 1.35 bits per heavy atom. The van der Waals surface area contributed by atoms with Gasteiger partial charge in [0.05, 0.1) is 11.4 Å². The molecule has 1 aromatic heterocycles. The Hall–Kier alpha value is -0.990. The van der Waals surface area contributed by atoms with Gasteiger partial charge in [-0.2, -0.15) is 5.10 Å². The normalized spacial score (nSPS) is 29.3. The van der Waals surface area contributed by atoms with Crippen molar-refractivity contribution in [1.82, 2.24) is 9.78 Å². The molecule has 1 saturated carbocycles. The van der Waals surface area contributed by atoms with E-state index in [0.717, 1.165) is 18.3 Å². The zero-order valence-corrected chi connectivity index (χ0v) is 11.5. The lowest BCUT2D eigenvalue weighted by Crippen LogP contribution is -2.30. The van der Waals surface area contributed by atoms with Gasteiger partial charge >= 0.3 is 0 Å². The third-order valence-electron chi connectivity index (χ3n) is 4.20. The molecular weight excluding hydrogens is 210 g/mol. The van der Waals surface area contributed by atoms with Crippen LogP contribution in [0.3, 0.4) is 0 Å². The highest BCUT2D eigenvalue weighted by atomic mass is 15.3. The van der Waals surface area contributed by atoms with Crippen molar-refractivity contribution in [3.8, 4) is 0 Å². The molecule has 2 rings (SSSR count). The first-order chi connectivity index (χ1) is 8.10. The molecule has 0 saturated heterocycles. The van der Waals surface area contributed by atoms with Gasteiger partial charge in [-0.15, -0.1) is 0 Å². The standard InChI is InChI=1S/C14H25N3/c1-5-13-14(9-17(4)16-13)15-12-7-6-10(2)11(3)8-12/h9-12,15H,5-8H2,1-4H3. The van der Waals surface area contributed by atoms with Crippen LogP contribution in [0.5, 0.6) is 0 Å². The summed E-state index contributed by atoms with van der Waals surface area (Å²) in [5.74, 6) is 1.72. The van der Waals surface area contributed by atoms with Crippen LogP contribution < -0.4 is 5.32 Å². The maximum absolute atomic E-state index is 4.48. The Morgan fingerprint density at radius 3 is 2.76 bits per heavy atom. The molecule has 3 unspecified atom stereocenters. The molecule has 0 bridgehead atoms. The molecule has 1 fully saturated rings. The molecule has 3 nitrogen and oxygen atoms in total. The summed E-state index contributed by atoms with van der Waals surface area (Å²) in [6.07, 6.45) is 7.05. The second-order valence-corrected chi connectivity index (χ2v) is 5.63. The van der Waals surface area contributed by atoms with E-state index < -0.39 is 0 Å². The molecular formula is C14H25N3. The van der Waals surface area contributed by atoms with Crippen molar-refractivity contribution in [2.45, 2.75) is 52.5 Å². The Bertz CT molecular complexity index is 370. The number of hydrogen-bond donors (Lipinski definition) is 1. The Kier molecular flexibility index (Phi) is 3.75. The molecule has 17 heavy (non-hydrogen) atoms. The SMILES string of the molecule is CCc1nn(C)cc1NC1CCC(C)C(C)C1. The van der Waals surface area contributed by atoms with E-state index in [4.69, 9.17) is 0 Å². The van der Waals surface area contributed by atoms with Crippen LogP contribution in [0.1, 0.15) is 45.7 Å². The summed E-state index contributed by atoms with van der Waals surface area (Å²) in [5.41, 5.74) is 2.43. The van der Waals surface area contributed by atoms with Crippen LogP contribution in [0, 0.1) is 11.8 Å². The van der Waals surface area contributed by atoms with Gasteiger partial charge in [-0.1, -0.05) is 20.8 Å². The minimum atomic E-state index is 0.635. The first-order valence-electron chi connectivity index (χ1n) is 6.89. The lowest BCUT2D eigenvalue weighted by atomic mass is 9.79. The average Bonchev–Trinajstić information content (AvgIpc) is 2.64. The highest BCUT2D eigenvalue weighted by molar-refractivity contribution is 5.47. The van der Waals surface area contributed by atoms with Crippen LogP contribution in [0.2, 0.25) is 0 Å². The van der Waals surface area contributed by atoms with Crippen LogP contribution in [-0.4, -0.2) is 15.8 Å². The van der Waals surface area contributed by atoms with Crippen LogP contribution in [0.15, 0.2) is 6.20 Å². The van der Waals surface area contributed by atoms with Crippen LogP contribution in [0.25, 0.3) is 0 Å². The summed E-state index contributed by atoms with van der Waals surface area (Å²) in [5, 5.41) is 8.17. The van der Waals surface area contributed by atoms with E-state index in [2.05, 4.69) is 37.4 Å². The summed E-state index contributed by atoms with van der Waals surface area (Å²) in [6, 6.07) is 0.635. The fraction of sp³-hybridized carbons (Fsp3) is 0.786. The van der Waals surface area contributed by atoms with Crippen molar-refractivity contribution in [3.63, 3.8) is 0 Å². The van der Waals surface area contributed by atoms with Crippen molar-refractivity contribution in [1.29, 1.82) is 0 Å². The molecule has 0 radical (unpaired) electrons. The second-order valence-electron chi connectivity index (χ2n) is 5.63. The number of nitrogens with zero attached hydrogens (tertiary/aromatic N) is 2. The molecule has 1 N–H and O–H groups in total. The second kappa shape index (κ2) is 5.11. The van der Waals surface area contributed by atoms with Gasteiger partial charge in [0.15, 0.2) is 0 Å². The maximum Gasteiger partial charge on any atom is 0.0853 e. The van der Waals surface area contributed by atoms with Crippen molar-refractivity contribution in [2.24, 2.45) is 18.9 Å². The number of nitrogens with one attached hydrogen (secondary N) is 1. The Balaban J connectivity index is 2.00. The van der Waals surface area contributed by atoms with E-state index in [1.807, 2.05) is 11.7 Å². The van der Waals surface area contributed by atoms with Crippen molar-refractivity contribution in [2.75, 3.05) is 5.32 Å². The number of anilines is 1. The molecule has 0 aliphatic heterocycles. The third-order valence-corrected chi connectivity index (χ3v) is 4.20. The number of aryl methyl sites for hydroxylation is 2. The topological polar surface area (TPSA) is 29.9 Å². The van der Waals surface area contributed by atoms with E-state index in [1.54, 1.807) is 0 Å². The highest BCUT2D eigenvalue weighted by Crippen LogP contribution is 2.31. The van der Waals surface area contributed by atoms with Gasteiger partial charge in [0.25, 0.3) is 0 Å². The number of rotatable bonds is 3. The number of hydrogen-bond acceptors (Lipinski definition) is 2. The van der Waals surface area contributed by atoms with Crippen LogP contribution >= 0.6 is 0 Å². The summed E-state index contributed by atoms with van der Waals surface area (Å²) >= 11 is 0. The van der Waals surface area contributed by atoms with E-state index in [0.29, 0.717) is 6.04 Å². The molecule has 0 amide bonds. The lowest BCUT2D eigenvalue weighted by molar-refractivity contribution is 0.261. The van der Waals surface area contributed by atoms with Crippen molar-refractivity contribution >= 4 is 5.69 Å². The van der Waals surface area contributed by atoms with Crippen molar-refractivity contribution < 1.29 is 0 Å². The molecule has 3 atom stereocenters. The minimum absolute atomic E-state index is 0.635. The summed E-state index contributed by atoms with van der Waals surface area (Å²) in [6.45, 7) is 6.92. The predicted molar refractivity (Wildman–Crippen MR) is 72.2 cm³/mol. The van der Waals surface area contributed by atoms with Gasteiger partial charge in [0.2, 0.25) is 0 Å². The predicted octanol–water partition coefficient (Wildman–Crippen LogP) is 3.22. The zero-order chi connectivity index (χ0) is 12.4. The maximum atomic E-state index is 4.48. The van der Waals surface area contributed by atoms with Gasteiger partial charge in [-0.3, -0.25) is 4.68 Å². The van der Waals surface area contributed by atoms with E-state index in [-0.39, 0.29) is 0 Å².